The Morgan fingerprint density at radius 1 is 1.44 bits per heavy atom. The molecule has 0 aromatic heterocycles. The summed E-state index contributed by atoms with van der Waals surface area (Å²) in [7, 11) is -3.18. The maximum Gasteiger partial charge on any atom is 0.311 e. The van der Waals surface area contributed by atoms with E-state index in [9.17, 15) is 18.0 Å². The van der Waals surface area contributed by atoms with Gasteiger partial charge in [0.05, 0.1) is 11.2 Å². The molecule has 1 amide bonds. The minimum absolute atomic E-state index is 0.120. The Bertz CT molecular complexity index is 444. The summed E-state index contributed by atoms with van der Waals surface area (Å²) in [4.78, 5) is 22.8. The first-order valence-electron chi connectivity index (χ1n) is 5.85. The zero-order chi connectivity index (χ0) is 14.0. The van der Waals surface area contributed by atoms with Gasteiger partial charge in [0.2, 0.25) is 5.91 Å². The maximum atomic E-state index is 11.6. The van der Waals surface area contributed by atoms with E-state index in [0.29, 0.717) is 12.8 Å². The lowest BCUT2D eigenvalue weighted by Gasteiger charge is -2.27. The summed E-state index contributed by atoms with van der Waals surface area (Å²) in [6.45, 7) is 1.61. The number of carbonyl (C=O) groups excluding carboxylic acids is 1. The third-order valence-electron chi connectivity index (χ3n) is 3.48. The Balaban J connectivity index is 2.57. The molecule has 0 radical (unpaired) electrons. The van der Waals surface area contributed by atoms with Crippen LogP contribution in [0.4, 0.5) is 0 Å². The van der Waals surface area contributed by atoms with Crippen molar-refractivity contribution in [1.82, 2.24) is 5.32 Å². The van der Waals surface area contributed by atoms with Gasteiger partial charge in [-0.3, -0.25) is 9.59 Å². The smallest absolute Gasteiger partial charge is 0.311 e. The van der Waals surface area contributed by atoms with Crippen LogP contribution >= 0.6 is 0 Å². The molecule has 7 heteroatoms. The zero-order valence-electron chi connectivity index (χ0n) is 10.6. The molecular weight excluding hydrogens is 258 g/mol. The fraction of sp³-hybridized carbons (Fsp3) is 0.818. The second-order valence-corrected chi connectivity index (χ2v) is 7.37. The number of amides is 1. The van der Waals surface area contributed by atoms with Gasteiger partial charge >= 0.3 is 5.97 Å². The van der Waals surface area contributed by atoms with Crippen LogP contribution < -0.4 is 5.32 Å². The molecule has 1 saturated carbocycles. The number of carboxylic acid groups (broad SMARTS) is 1. The summed E-state index contributed by atoms with van der Waals surface area (Å²) >= 11 is 0. The van der Waals surface area contributed by atoms with Crippen LogP contribution in [0.3, 0.4) is 0 Å². The summed E-state index contributed by atoms with van der Waals surface area (Å²) in [6.07, 6.45) is 2.84. The van der Waals surface area contributed by atoms with Crippen LogP contribution in [-0.4, -0.2) is 43.5 Å². The lowest BCUT2D eigenvalue weighted by molar-refractivity contribution is -0.149. The molecule has 104 valence electrons. The molecule has 2 unspecified atom stereocenters. The van der Waals surface area contributed by atoms with Crippen molar-refractivity contribution in [3.8, 4) is 0 Å². The van der Waals surface area contributed by atoms with Gasteiger partial charge < -0.3 is 10.4 Å². The second kappa shape index (κ2) is 5.26. The molecule has 1 aliphatic carbocycles. The van der Waals surface area contributed by atoms with E-state index in [2.05, 4.69) is 5.32 Å². The van der Waals surface area contributed by atoms with Gasteiger partial charge in [0.25, 0.3) is 0 Å². The van der Waals surface area contributed by atoms with Gasteiger partial charge in [0.15, 0.2) is 0 Å². The molecule has 1 rings (SSSR count). The van der Waals surface area contributed by atoms with Gasteiger partial charge in [-0.25, -0.2) is 8.42 Å². The van der Waals surface area contributed by atoms with Gasteiger partial charge in [-0.05, 0) is 19.8 Å². The van der Waals surface area contributed by atoms with Crippen molar-refractivity contribution in [3.05, 3.63) is 0 Å². The van der Waals surface area contributed by atoms with Crippen LogP contribution in [0.1, 0.15) is 32.6 Å². The topological polar surface area (TPSA) is 101 Å². The van der Waals surface area contributed by atoms with E-state index in [0.717, 1.165) is 12.7 Å². The molecule has 2 atom stereocenters. The van der Waals surface area contributed by atoms with E-state index in [1.165, 1.54) is 0 Å². The second-order valence-electron chi connectivity index (χ2n) is 5.11. The van der Waals surface area contributed by atoms with Gasteiger partial charge in [-0.1, -0.05) is 6.42 Å². The average molecular weight is 277 g/mol. The number of hydrogen-bond donors (Lipinski definition) is 2. The SMILES string of the molecule is CC1(C(=O)O)CCCC1NC(=O)CCS(C)(=O)=O. The lowest BCUT2D eigenvalue weighted by Crippen LogP contribution is -2.47. The van der Waals surface area contributed by atoms with Gasteiger partial charge in [-0.2, -0.15) is 0 Å². The number of hydrogen-bond acceptors (Lipinski definition) is 4. The quantitative estimate of drug-likeness (QED) is 0.746. The highest BCUT2D eigenvalue weighted by Gasteiger charge is 2.45. The minimum atomic E-state index is -3.18. The van der Waals surface area contributed by atoms with Gasteiger partial charge in [-0.15, -0.1) is 0 Å². The number of carbonyl (C=O) groups is 2. The van der Waals surface area contributed by atoms with E-state index in [1.54, 1.807) is 6.92 Å². The summed E-state index contributed by atoms with van der Waals surface area (Å²) in [5.41, 5.74) is -0.944. The molecular formula is C11H19NO5S. The first-order chi connectivity index (χ1) is 8.15. The standard InChI is InChI=1S/C11H19NO5S/c1-11(10(14)15)6-3-4-8(11)12-9(13)5-7-18(2,16)17/h8H,3-7H2,1-2H3,(H,12,13)(H,14,15). The maximum absolute atomic E-state index is 11.6. The largest absolute Gasteiger partial charge is 0.481 e. The number of sulfone groups is 1. The summed E-state index contributed by atoms with van der Waals surface area (Å²) in [5, 5.41) is 11.8. The van der Waals surface area contributed by atoms with Crippen LogP contribution in [0, 0.1) is 5.41 Å². The van der Waals surface area contributed by atoms with E-state index >= 15 is 0 Å². The van der Waals surface area contributed by atoms with Crippen LogP contribution in [0.5, 0.6) is 0 Å². The molecule has 0 aromatic rings. The Morgan fingerprint density at radius 3 is 2.56 bits per heavy atom. The van der Waals surface area contributed by atoms with Crippen LogP contribution in [0.25, 0.3) is 0 Å². The van der Waals surface area contributed by atoms with Crippen LogP contribution in [0.15, 0.2) is 0 Å². The van der Waals surface area contributed by atoms with Gasteiger partial charge in [0.1, 0.15) is 9.84 Å². The normalized spacial score (nSPS) is 28.0. The third-order valence-corrected chi connectivity index (χ3v) is 4.43. The Hall–Kier alpha value is -1.11. The Morgan fingerprint density at radius 2 is 2.06 bits per heavy atom. The van der Waals surface area contributed by atoms with Crippen molar-refractivity contribution in [1.29, 1.82) is 0 Å². The lowest BCUT2D eigenvalue weighted by atomic mass is 9.85. The average Bonchev–Trinajstić information content (AvgIpc) is 2.58. The molecule has 0 bridgehead atoms. The van der Waals surface area contributed by atoms with E-state index in [-0.39, 0.29) is 12.2 Å². The highest BCUT2D eigenvalue weighted by atomic mass is 32.2. The van der Waals surface area contributed by atoms with Crippen LogP contribution in [-0.2, 0) is 19.4 Å². The Labute approximate surface area is 107 Å². The number of carboxylic acids is 1. The van der Waals surface area contributed by atoms with E-state index in [1.807, 2.05) is 0 Å². The van der Waals surface area contributed by atoms with Crippen LogP contribution in [0.2, 0.25) is 0 Å². The van der Waals surface area contributed by atoms with Crippen molar-refractivity contribution < 1.29 is 23.1 Å². The van der Waals surface area contributed by atoms with Crippen molar-refractivity contribution in [2.24, 2.45) is 5.41 Å². The highest BCUT2D eigenvalue weighted by molar-refractivity contribution is 7.90. The number of nitrogens with one attached hydrogen (secondary N) is 1. The van der Waals surface area contributed by atoms with Crippen molar-refractivity contribution in [2.45, 2.75) is 38.6 Å². The molecule has 0 aromatic carbocycles. The molecule has 0 spiro atoms. The fourth-order valence-electron chi connectivity index (χ4n) is 2.20. The molecule has 1 fully saturated rings. The monoisotopic (exact) mass is 277 g/mol. The van der Waals surface area contributed by atoms with Gasteiger partial charge in [0, 0.05) is 18.7 Å². The molecule has 0 saturated heterocycles. The van der Waals surface area contributed by atoms with Crippen molar-refractivity contribution in [3.63, 3.8) is 0 Å². The first kappa shape index (κ1) is 14.9. The van der Waals surface area contributed by atoms with Crippen molar-refractivity contribution in [2.75, 3.05) is 12.0 Å². The summed E-state index contributed by atoms with van der Waals surface area (Å²) in [6, 6.07) is -0.415. The Kier molecular flexibility index (Phi) is 4.37. The number of rotatable bonds is 5. The molecule has 0 aliphatic heterocycles. The summed E-state index contributed by atoms with van der Waals surface area (Å²) < 4.78 is 21.9. The first-order valence-corrected chi connectivity index (χ1v) is 7.92. The van der Waals surface area contributed by atoms with Crippen molar-refractivity contribution >= 4 is 21.7 Å². The summed E-state index contributed by atoms with van der Waals surface area (Å²) in [5.74, 6) is -1.54. The van der Waals surface area contributed by atoms with E-state index < -0.39 is 33.2 Å². The predicted molar refractivity (Wildman–Crippen MR) is 65.9 cm³/mol. The highest BCUT2D eigenvalue weighted by Crippen LogP contribution is 2.38. The minimum Gasteiger partial charge on any atom is -0.481 e. The molecule has 18 heavy (non-hydrogen) atoms. The number of aliphatic carboxylic acids is 1. The molecule has 2 N–H and O–H groups in total. The molecule has 0 heterocycles. The van der Waals surface area contributed by atoms with E-state index in [4.69, 9.17) is 5.11 Å². The predicted octanol–water partition coefficient (Wildman–Crippen LogP) is 0.181. The molecule has 1 aliphatic rings. The third kappa shape index (κ3) is 3.69. The fourth-order valence-corrected chi connectivity index (χ4v) is 2.75. The zero-order valence-corrected chi connectivity index (χ0v) is 11.4. The molecule has 6 nitrogen and oxygen atoms in total.